The van der Waals surface area contributed by atoms with E-state index in [0.29, 0.717) is 16.5 Å². The molecule has 7 heteroatoms. The molecule has 1 amide bonds. The number of nitrogens with one attached hydrogen (secondary N) is 1. The molecule has 0 radical (unpaired) electrons. The van der Waals surface area contributed by atoms with Gasteiger partial charge in [0.2, 0.25) is 0 Å². The molecule has 0 spiro atoms. The van der Waals surface area contributed by atoms with Crippen molar-refractivity contribution in [1.82, 2.24) is 5.16 Å². The zero-order valence-corrected chi connectivity index (χ0v) is 12.1. The lowest BCUT2D eigenvalue weighted by Gasteiger charge is -2.11. The number of rotatable bonds is 4. The number of carbonyl (C=O) groups is 2. The molecular weight excluding hydrogens is 280 g/mol. The van der Waals surface area contributed by atoms with Crippen molar-refractivity contribution in [2.45, 2.75) is 26.9 Å². The smallest absolute Gasteiger partial charge is 0.349 e. The predicted molar refractivity (Wildman–Crippen MR) is 73.8 cm³/mol. The Hall–Kier alpha value is -2.15. The van der Waals surface area contributed by atoms with Gasteiger partial charge in [-0.3, -0.25) is 4.79 Å². The lowest BCUT2D eigenvalue weighted by molar-refractivity contribution is -0.123. The molecule has 0 saturated heterocycles. The molecule has 1 N–H and O–H groups in total. The SMILES string of the molecule is Cc1cc(NC(=O)[C@@H](C)OC(=O)c2ccc(C)s2)no1. The summed E-state index contributed by atoms with van der Waals surface area (Å²) in [6.07, 6.45) is -0.915. The molecule has 0 fully saturated rings. The van der Waals surface area contributed by atoms with Crippen molar-refractivity contribution >= 4 is 29.0 Å². The zero-order valence-electron chi connectivity index (χ0n) is 11.3. The summed E-state index contributed by atoms with van der Waals surface area (Å²) in [6, 6.07) is 5.08. The molecule has 106 valence electrons. The minimum absolute atomic E-state index is 0.294. The van der Waals surface area contributed by atoms with Crippen LogP contribution in [0.2, 0.25) is 0 Å². The van der Waals surface area contributed by atoms with Crippen LogP contribution >= 0.6 is 11.3 Å². The molecular formula is C13H14N2O4S. The van der Waals surface area contributed by atoms with Crippen LogP contribution in [0.1, 0.15) is 27.2 Å². The number of hydrogen-bond acceptors (Lipinski definition) is 6. The number of thiophene rings is 1. The molecule has 2 aromatic heterocycles. The second-order valence-corrected chi connectivity index (χ2v) is 5.56. The third-order valence-electron chi connectivity index (χ3n) is 2.47. The lowest BCUT2D eigenvalue weighted by atomic mass is 10.3. The maximum absolute atomic E-state index is 11.8. The fraction of sp³-hybridized carbons (Fsp3) is 0.308. The Balaban J connectivity index is 1.92. The maximum atomic E-state index is 11.8. The molecule has 0 aliphatic carbocycles. The van der Waals surface area contributed by atoms with Crippen LogP contribution in [0.4, 0.5) is 5.82 Å². The fourth-order valence-corrected chi connectivity index (χ4v) is 2.22. The molecule has 0 saturated carbocycles. The molecule has 2 heterocycles. The minimum atomic E-state index is -0.915. The number of aromatic nitrogens is 1. The molecule has 2 rings (SSSR count). The second-order valence-electron chi connectivity index (χ2n) is 4.27. The van der Waals surface area contributed by atoms with Crippen molar-refractivity contribution in [2.75, 3.05) is 5.32 Å². The highest BCUT2D eigenvalue weighted by molar-refractivity contribution is 7.13. The third-order valence-corrected chi connectivity index (χ3v) is 3.45. The first-order valence-corrected chi connectivity index (χ1v) is 6.79. The van der Waals surface area contributed by atoms with Crippen LogP contribution in [0.3, 0.4) is 0 Å². The van der Waals surface area contributed by atoms with Gasteiger partial charge in [0.25, 0.3) is 5.91 Å². The quantitative estimate of drug-likeness (QED) is 0.876. The summed E-state index contributed by atoms with van der Waals surface area (Å²) >= 11 is 1.32. The Morgan fingerprint density at radius 2 is 2.15 bits per heavy atom. The highest BCUT2D eigenvalue weighted by Gasteiger charge is 2.20. The van der Waals surface area contributed by atoms with Crippen LogP contribution in [-0.2, 0) is 9.53 Å². The van der Waals surface area contributed by atoms with Gasteiger partial charge in [0, 0.05) is 10.9 Å². The van der Waals surface area contributed by atoms with Gasteiger partial charge in [-0.15, -0.1) is 11.3 Å². The Kier molecular flexibility index (Phi) is 4.19. The Morgan fingerprint density at radius 1 is 1.40 bits per heavy atom. The Labute approximate surface area is 119 Å². The number of anilines is 1. The standard InChI is InChI=1S/C13H14N2O4S/c1-7-6-11(15-19-7)14-12(16)9(3)18-13(17)10-5-4-8(2)20-10/h4-6,9H,1-3H3,(H,14,15,16)/t9-/m1/s1. The summed E-state index contributed by atoms with van der Waals surface area (Å²) in [5.41, 5.74) is 0. The summed E-state index contributed by atoms with van der Waals surface area (Å²) in [5, 5.41) is 6.14. The van der Waals surface area contributed by atoms with Crippen LogP contribution in [0.15, 0.2) is 22.7 Å². The third kappa shape index (κ3) is 3.45. The summed E-state index contributed by atoms with van der Waals surface area (Å²) in [6.45, 7) is 5.11. The Bertz CT molecular complexity index is 632. The lowest BCUT2D eigenvalue weighted by Crippen LogP contribution is -2.29. The number of amides is 1. The van der Waals surface area contributed by atoms with Gasteiger partial charge < -0.3 is 14.6 Å². The molecule has 0 aliphatic rings. The van der Waals surface area contributed by atoms with Gasteiger partial charge in [-0.2, -0.15) is 0 Å². The molecule has 1 atom stereocenters. The average molecular weight is 294 g/mol. The molecule has 0 aliphatic heterocycles. The number of esters is 1. The van der Waals surface area contributed by atoms with Gasteiger partial charge in [0.05, 0.1) is 0 Å². The van der Waals surface area contributed by atoms with E-state index in [1.54, 1.807) is 19.1 Å². The van der Waals surface area contributed by atoms with Crippen molar-refractivity contribution in [3.63, 3.8) is 0 Å². The first-order chi connectivity index (χ1) is 9.45. The first kappa shape index (κ1) is 14.3. The maximum Gasteiger partial charge on any atom is 0.349 e. The van der Waals surface area contributed by atoms with Crippen LogP contribution in [0.25, 0.3) is 0 Å². The summed E-state index contributed by atoms with van der Waals surface area (Å²) in [5.74, 6) is -0.0941. The molecule has 0 unspecified atom stereocenters. The normalized spacial score (nSPS) is 11.9. The van der Waals surface area contributed by atoms with E-state index in [0.717, 1.165) is 4.88 Å². The van der Waals surface area contributed by atoms with Crippen molar-refractivity contribution in [3.8, 4) is 0 Å². The molecule has 6 nitrogen and oxygen atoms in total. The summed E-state index contributed by atoms with van der Waals surface area (Å²) in [7, 11) is 0. The van der Waals surface area contributed by atoms with Gasteiger partial charge in [-0.1, -0.05) is 5.16 Å². The number of hydrogen-bond donors (Lipinski definition) is 1. The van der Waals surface area contributed by atoms with Crippen molar-refractivity contribution in [1.29, 1.82) is 0 Å². The van der Waals surface area contributed by atoms with Gasteiger partial charge in [-0.05, 0) is 32.9 Å². The molecule has 2 aromatic rings. The number of ether oxygens (including phenoxy) is 1. The van der Waals surface area contributed by atoms with Crippen LogP contribution in [-0.4, -0.2) is 23.1 Å². The van der Waals surface area contributed by atoms with E-state index >= 15 is 0 Å². The molecule has 0 aromatic carbocycles. The highest BCUT2D eigenvalue weighted by Crippen LogP contribution is 2.17. The van der Waals surface area contributed by atoms with Gasteiger partial charge in [-0.25, -0.2) is 4.79 Å². The van der Waals surface area contributed by atoms with E-state index in [1.165, 1.54) is 18.3 Å². The van der Waals surface area contributed by atoms with Crippen LogP contribution in [0, 0.1) is 13.8 Å². The summed E-state index contributed by atoms with van der Waals surface area (Å²) < 4.78 is 9.92. The second kappa shape index (κ2) is 5.87. The van der Waals surface area contributed by atoms with Crippen molar-refractivity contribution < 1.29 is 18.8 Å². The van der Waals surface area contributed by atoms with Gasteiger partial charge in [0.15, 0.2) is 11.9 Å². The molecule has 0 bridgehead atoms. The van der Waals surface area contributed by atoms with E-state index in [9.17, 15) is 9.59 Å². The topological polar surface area (TPSA) is 81.4 Å². The van der Waals surface area contributed by atoms with Crippen molar-refractivity contribution in [2.24, 2.45) is 0 Å². The summed E-state index contributed by atoms with van der Waals surface area (Å²) in [4.78, 5) is 25.1. The van der Waals surface area contributed by atoms with E-state index in [2.05, 4.69) is 10.5 Å². The fourth-order valence-electron chi connectivity index (χ4n) is 1.47. The minimum Gasteiger partial charge on any atom is -0.448 e. The number of nitrogens with zero attached hydrogens (tertiary/aromatic N) is 1. The average Bonchev–Trinajstić information content (AvgIpc) is 2.98. The highest BCUT2D eigenvalue weighted by atomic mass is 32.1. The zero-order chi connectivity index (χ0) is 14.7. The number of carbonyl (C=O) groups excluding carboxylic acids is 2. The largest absolute Gasteiger partial charge is 0.448 e. The van der Waals surface area contributed by atoms with Gasteiger partial charge >= 0.3 is 5.97 Å². The Morgan fingerprint density at radius 3 is 2.70 bits per heavy atom. The van der Waals surface area contributed by atoms with Crippen molar-refractivity contribution in [3.05, 3.63) is 33.7 Å². The number of aryl methyl sites for hydroxylation is 2. The van der Waals surface area contributed by atoms with E-state index in [1.807, 2.05) is 13.0 Å². The monoisotopic (exact) mass is 294 g/mol. The van der Waals surface area contributed by atoms with E-state index < -0.39 is 18.0 Å². The van der Waals surface area contributed by atoms with E-state index in [4.69, 9.17) is 9.26 Å². The van der Waals surface area contributed by atoms with E-state index in [-0.39, 0.29) is 0 Å². The van der Waals surface area contributed by atoms with Gasteiger partial charge in [0.1, 0.15) is 10.6 Å². The molecule has 20 heavy (non-hydrogen) atoms. The van der Waals surface area contributed by atoms with Crippen LogP contribution < -0.4 is 5.32 Å². The predicted octanol–water partition coefficient (Wildman–Crippen LogP) is 2.54. The first-order valence-electron chi connectivity index (χ1n) is 5.97. The van der Waals surface area contributed by atoms with Crippen LogP contribution in [0.5, 0.6) is 0 Å².